The highest BCUT2D eigenvalue weighted by Crippen LogP contribution is 2.19. The Bertz CT molecular complexity index is 381. The second-order valence-corrected chi connectivity index (χ2v) is 3.45. The zero-order valence-electron chi connectivity index (χ0n) is 8.77. The molecule has 0 fully saturated rings. The summed E-state index contributed by atoms with van der Waals surface area (Å²) in [4.78, 5) is 7.21. The third-order valence-electron chi connectivity index (χ3n) is 2.42. The summed E-state index contributed by atoms with van der Waals surface area (Å²) in [6.45, 7) is 2.16. The molecule has 2 rings (SSSR count). The van der Waals surface area contributed by atoms with Gasteiger partial charge in [0.15, 0.2) is 0 Å². The van der Waals surface area contributed by atoms with Crippen molar-refractivity contribution in [2.75, 3.05) is 5.32 Å². The molecule has 1 aromatic heterocycles. The highest BCUT2D eigenvalue weighted by atomic mass is 15.1. The molecule has 2 N–H and O–H groups in total. The molecule has 0 spiro atoms. The topological polar surface area (TPSA) is 40.7 Å². The maximum absolute atomic E-state index is 4.16. The van der Waals surface area contributed by atoms with E-state index in [1.54, 1.807) is 6.20 Å². The van der Waals surface area contributed by atoms with Crippen molar-refractivity contribution in [1.29, 1.82) is 0 Å². The Morgan fingerprint density at radius 3 is 2.73 bits per heavy atom. The lowest BCUT2D eigenvalue weighted by Crippen LogP contribution is -2.10. The predicted molar refractivity (Wildman–Crippen MR) is 61.7 cm³/mol. The molecule has 0 saturated heterocycles. The van der Waals surface area contributed by atoms with Crippen LogP contribution in [0.2, 0.25) is 0 Å². The predicted octanol–water partition coefficient (Wildman–Crippen LogP) is 2.97. The van der Waals surface area contributed by atoms with Crippen molar-refractivity contribution in [1.82, 2.24) is 9.97 Å². The van der Waals surface area contributed by atoms with Crippen molar-refractivity contribution in [3.05, 3.63) is 48.3 Å². The minimum Gasteiger partial charge on any atom is -0.349 e. The van der Waals surface area contributed by atoms with Crippen LogP contribution in [0.5, 0.6) is 0 Å². The van der Waals surface area contributed by atoms with Crippen molar-refractivity contribution < 1.29 is 0 Å². The minimum atomic E-state index is 0.317. The molecule has 1 heterocycles. The van der Waals surface area contributed by atoms with E-state index in [1.807, 2.05) is 12.3 Å². The second-order valence-electron chi connectivity index (χ2n) is 3.45. The van der Waals surface area contributed by atoms with E-state index in [0.717, 1.165) is 12.4 Å². The fourth-order valence-electron chi connectivity index (χ4n) is 1.62. The number of hydrogen-bond acceptors (Lipinski definition) is 2. The number of hydrogen-bond donors (Lipinski definition) is 2. The van der Waals surface area contributed by atoms with Gasteiger partial charge in [-0.3, -0.25) is 0 Å². The molecule has 1 unspecified atom stereocenters. The van der Waals surface area contributed by atoms with Gasteiger partial charge in [-0.1, -0.05) is 37.3 Å². The molecule has 78 valence electrons. The van der Waals surface area contributed by atoms with Gasteiger partial charge in [-0.25, -0.2) is 4.98 Å². The molecule has 3 nitrogen and oxygen atoms in total. The number of nitrogens with zero attached hydrogens (tertiary/aromatic N) is 1. The average Bonchev–Trinajstić information content (AvgIpc) is 2.80. The van der Waals surface area contributed by atoms with Crippen LogP contribution in [0.25, 0.3) is 0 Å². The standard InChI is InChI=1S/C12H15N3/c1-2-11(10-6-4-3-5-7-10)15-12-13-8-9-14-12/h3-9,11H,2H2,1H3,(H2,13,14,15). The molecular weight excluding hydrogens is 186 g/mol. The van der Waals surface area contributed by atoms with Crippen LogP contribution >= 0.6 is 0 Å². The molecule has 3 heteroatoms. The number of nitrogens with one attached hydrogen (secondary N) is 2. The van der Waals surface area contributed by atoms with Crippen molar-refractivity contribution in [2.45, 2.75) is 19.4 Å². The Kier molecular flexibility index (Phi) is 3.02. The van der Waals surface area contributed by atoms with Gasteiger partial charge in [-0.15, -0.1) is 0 Å². The summed E-state index contributed by atoms with van der Waals surface area (Å²) in [6.07, 6.45) is 4.60. The van der Waals surface area contributed by atoms with Crippen LogP contribution in [0.3, 0.4) is 0 Å². The van der Waals surface area contributed by atoms with Crippen molar-refractivity contribution in [3.63, 3.8) is 0 Å². The Hall–Kier alpha value is -1.77. The molecule has 0 amide bonds. The maximum atomic E-state index is 4.16. The summed E-state index contributed by atoms with van der Waals surface area (Å²) in [7, 11) is 0. The highest BCUT2D eigenvalue weighted by molar-refractivity contribution is 5.31. The number of imidazole rings is 1. The summed E-state index contributed by atoms with van der Waals surface area (Å²) in [6, 6.07) is 10.7. The first-order chi connectivity index (χ1) is 7.40. The molecule has 1 aromatic carbocycles. The lowest BCUT2D eigenvalue weighted by molar-refractivity contribution is 0.741. The van der Waals surface area contributed by atoms with E-state index in [9.17, 15) is 0 Å². The van der Waals surface area contributed by atoms with Crippen LogP contribution in [0.15, 0.2) is 42.7 Å². The van der Waals surface area contributed by atoms with Gasteiger partial charge in [0.25, 0.3) is 0 Å². The Balaban J connectivity index is 2.12. The number of rotatable bonds is 4. The molecule has 0 aliphatic rings. The summed E-state index contributed by atoms with van der Waals surface area (Å²) >= 11 is 0. The monoisotopic (exact) mass is 201 g/mol. The van der Waals surface area contributed by atoms with Gasteiger partial charge in [-0.05, 0) is 12.0 Å². The van der Waals surface area contributed by atoms with E-state index >= 15 is 0 Å². The van der Waals surface area contributed by atoms with Crippen LogP contribution in [-0.4, -0.2) is 9.97 Å². The van der Waals surface area contributed by atoms with Crippen molar-refractivity contribution in [2.24, 2.45) is 0 Å². The van der Waals surface area contributed by atoms with Gasteiger partial charge in [0.1, 0.15) is 0 Å². The quantitative estimate of drug-likeness (QED) is 0.798. The third kappa shape index (κ3) is 2.37. The Labute approximate surface area is 89.6 Å². The summed E-state index contributed by atoms with van der Waals surface area (Å²) in [5.41, 5.74) is 1.29. The molecule has 0 bridgehead atoms. The zero-order valence-corrected chi connectivity index (χ0v) is 8.77. The SMILES string of the molecule is CCC(Nc1ncc[nH]1)c1ccccc1. The lowest BCUT2D eigenvalue weighted by Gasteiger charge is -2.16. The smallest absolute Gasteiger partial charge is 0.200 e. The van der Waals surface area contributed by atoms with E-state index in [1.165, 1.54) is 5.56 Å². The van der Waals surface area contributed by atoms with Gasteiger partial charge in [0, 0.05) is 12.4 Å². The van der Waals surface area contributed by atoms with Crippen LogP contribution < -0.4 is 5.32 Å². The molecule has 0 aliphatic carbocycles. The van der Waals surface area contributed by atoms with E-state index in [4.69, 9.17) is 0 Å². The van der Waals surface area contributed by atoms with Crippen LogP contribution in [0, 0.1) is 0 Å². The number of H-pyrrole nitrogens is 1. The molecule has 0 aliphatic heterocycles. The summed E-state index contributed by atoms with van der Waals surface area (Å²) in [5.74, 6) is 0.825. The minimum absolute atomic E-state index is 0.317. The number of anilines is 1. The molecule has 1 atom stereocenters. The summed E-state index contributed by atoms with van der Waals surface area (Å²) < 4.78 is 0. The van der Waals surface area contributed by atoms with Gasteiger partial charge in [-0.2, -0.15) is 0 Å². The largest absolute Gasteiger partial charge is 0.349 e. The first-order valence-electron chi connectivity index (χ1n) is 5.21. The number of benzene rings is 1. The van der Waals surface area contributed by atoms with Crippen LogP contribution in [-0.2, 0) is 0 Å². The van der Waals surface area contributed by atoms with Gasteiger partial charge >= 0.3 is 0 Å². The van der Waals surface area contributed by atoms with Crippen molar-refractivity contribution >= 4 is 5.95 Å². The molecular formula is C12H15N3. The fourth-order valence-corrected chi connectivity index (χ4v) is 1.62. The molecule has 2 aromatic rings. The van der Waals surface area contributed by atoms with Crippen molar-refractivity contribution in [3.8, 4) is 0 Å². The van der Waals surface area contributed by atoms with Crippen LogP contribution in [0.4, 0.5) is 5.95 Å². The maximum Gasteiger partial charge on any atom is 0.200 e. The fraction of sp³-hybridized carbons (Fsp3) is 0.250. The molecule has 0 radical (unpaired) electrons. The Morgan fingerprint density at radius 2 is 2.13 bits per heavy atom. The van der Waals surface area contributed by atoms with E-state index in [0.29, 0.717) is 6.04 Å². The molecule has 15 heavy (non-hydrogen) atoms. The van der Waals surface area contributed by atoms with Gasteiger partial charge in [0.05, 0.1) is 6.04 Å². The Morgan fingerprint density at radius 1 is 1.33 bits per heavy atom. The third-order valence-corrected chi connectivity index (χ3v) is 2.42. The normalized spacial score (nSPS) is 12.3. The lowest BCUT2D eigenvalue weighted by atomic mass is 10.1. The zero-order chi connectivity index (χ0) is 10.5. The first kappa shape index (κ1) is 9.77. The first-order valence-corrected chi connectivity index (χ1v) is 5.21. The number of aromatic amines is 1. The second kappa shape index (κ2) is 4.64. The highest BCUT2D eigenvalue weighted by Gasteiger charge is 2.08. The van der Waals surface area contributed by atoms with E-state index in [-0.39, 0.29) is 0 Å². The van der Waals surface area contributed by atoms with E-state index < -0.39 is 0 Å². The average molecular weight is 201 g/mol. The van der Waals surface area contributed by atoms with Gasteiger partial charge < -0.3 is 10.3 Å². The van der Waals surface area contributed by atoms with Gasteiger partial charge in [0.2, 0.25) is 5.95 Å². The summed E-state index contributed by atoms with van der Waals surface area (Å²) in [5, 5.41) is 3.36. The van der Waals surface area contributed by atoms with Crippen LogP contribution in [0.1, 0.15) is 24.9 Å². The molecule has 0 saturated carbocycles. The number of aromatic nitrogens is 2. The van der Waals surface area contributed by atoms with E-state index in [2.05, 4.69) is 46.5 Å².